The molecule has 1 rings (SSSR count). The van der Waals surface area contributed by atoms with Crippen molar-refractivity contribution in [1.82, 2.24) is 0 Å². The van der Waals surface area contributed by atoms with Gasteiger partial charge in [-0.05, 0) is 31.9 Å². The number of amides is 1. The minimum absolute atomic E-state index is 0.120. The Morgan fingerprint density at radius 3 is 2.72 bits per heavy atom. The van der Waals surface area contributed by atoms with Gasteiger partial charge >= 0.3 is 0 Å². The molecule has 1 amide bonds. The zero-order chi connectivity index (χ0) is 13.5. The maximum atomic E-state index is 10.6. The molecule has 0 atom stereocenters. The van der Waals surface area contributed by atoms with Crippen LogP contribution in [0.3, 0.4) is 0 Å². The standard InChI is InChI=1S/C12H17N3O3/c1-9-8-10(5-6-11(9)15(17)18)14-7-3-2-4-12(13)16/h5-6,8,14H,2-4,7H2,1H3,(H2,13,16). The molecule has 1 aromatic carbocycles. The highest BCUT2D eigenvalue weighted by Crippen LogP contribution is 2.21. The number of carbonyl (C=O) groups is 1. The van der Waals surface area contributed by atoms with E-state index in [2.05, 4.69) is 5.32 Å². The number of nitrogens with one attached hydrogen (secondary N) is 1. The third-order valence-electron chi connectivity index (χ3n) is 2.57. The van der Waals surface area contributed by atoms with Gasteiger partial charge < -0.3 is 11.1 Å². The molecular formula is C12H17N3O3. The predicted molar refractivity (Wildman–Crippen MR) is 69.4 cm³/mol. The maximum absolute atomic E-state index is 10.6. The SMILES string of the molecule is Cc1cc(NCCCCC(N)=O)ccc1[N+](=O)[O-]. The molecule has 0 saturated carbocycles. The number of nitro groups is 1. The topological polar surface area (TPSA) is 98.3 Å². The molecular weight excluding hydrogens is 234 g/mol. The molecule has 0 saturated heterocycles. The average molecular weight is 251 g/mol. The first-order valence-corrected chi connectivity index (χ1v) is 5.78. The van der Waals surface area contributed by atoms with Gasteiger partial charge in [0, 0.05) is 30.3 Å². The number of anilines is 1. The van der Waals surface area contributed by atoms with Gasteiger partial charge in [0.05, 0.1) is 4.92 Å². The van der Waals surface area contributed by atoms with Crippen LogP contribution in [-0.4, -0.2) is 17.4 Å². The molecule has 98 valence electrons. The fourth-order valence-corrected chi connectivity index (χ4v) is 1.63. The summed E-state index contributed by atoms with van der Waals surface area (Å²) in [5.41, 5.74) is 6.62. The van der Waals surface area contributed by atoms with Crippen molar-refractivity contribution < 1.29 is 9.72 Å². The number of unbranched alkanes of at least 4 members (excludes halogenated alkanes) is 1. The Bertz CT molecular complexity index is 446. The quantitative estimate of drug-likeness (QED) is 0.439. The largest absolute Gasteiger partial charge is 0.385 e. The van der Waals surface area contributed by atoms with Crippen LogP contribution in [-0.2, 0) is 4.79 Å². The first-order chi connectivity index (χ1) is 8.50. The Labute approximate surface area is 105 Å². The average Bonchev–Trinajstić information content (AvgIpc) is 2.27. The summed E-state index contributed by atoms with van der Waals surface area (Å²) in [7, 11) is 0. The van der Waals surface area contributed by atoms with Crippen LogP contribution in [0.25, 0.3) is 0 Å². The molecule has 0 aliphatic rings. The lowest BCUT2D eigenvalue weighted by atomic mass is 10.1. The van der Waals surface area contributed by atoms with Gasteiger partial charge in [-0.25, -0.2) is 0 Å². The summed E-state index contributed by atoms with van der Waals surface area (Å²) in [6, 6.07) is 4.91. The van der Waals surface area contributed by atoms with Crippen LogP contribution in [0.4, 0.5) is 11.4 Å². The number of nitro benzene ring substituents is 1. The number of carbonyl (C=O) groups excluding carboxylic acids is 1. The van der Waals surface area contributed by atoms with Crippen molar-refractivity contribution in [1.29, 1.82) is 0 Å². The zero-order valence-electron chi connectivity index (χ0n) is 10.3. The van der Waals surface area contributed by atoms with Crippen LogP contribution >= 0.6 is 0 Å². The van der Waals surface area contributed by atoms with Crippen molar-refractivity contribution in [2.24, 2.45) is 5.73 Å². The van der Waals surface area contributed by atoms with E-state index >= 15 is 0 Å². The van der Waals surface area contributed by atoms with E-state index in [4.69, 9.17) is 5.73 Å². The van der Waals surface area contributed by atoms with Gasteiger partial charge in [-0.2, -0.15) is 0 Å². The van der Waals surface area contributed by atoms with E-state index in [-0.39, 0.29) is 11.6 Å². The number of nitrogens with zero attached hydrogens (tertiary/aromatic N) is 1. The number of hydrogen-bond donors (Lipinski definition) is 2. The van der Waals surface area contributed by atoms with Crippen molar-refractivity contribution in [3.05, 3.63) is 33.9 Å². The summed E-state index contributed by atoms with van der Waals surface area (Å²) in [6.07, 6.45) is 1.97. The third kappa shape index (κ3) is 4.40. The molecule has 0 heterocycles. The van der Waals surface area contributed by atoms with E-state index in [0.717, 1.165) is 18.5 Å². The number of aryl methyl sites for hydroxylation is 1. The van der Waals surface area contributed by atoms with Crippen LogP contribution in [0.5, 0.6) is 0 Å². The highest BCUT2D eigenvalue weighted by molar-refractivity contribution is 5.73. The molecule has 6 nitrogen and oxygen atoms in total. The Kier molecular flexibility index (Phi) is 5.10. The second kappa shape index (κ2) is 6.58. The molecule has 0 spiro atoms. The maximum Gasteiger partial charge on any atom is 0.272 e. The minimum atomic E-state index is -0.397. The van der Waals surface area contributed by atoms with Gasteiger partial charge in [0.1, 0.15) is 0 Å². The molecule has 6 heteroatoms. The van der Waals surface area contributed by atoms with Gasteiger partial charge in [-0.15, -0.1) is 0 Å². The van der Waals surface area contributed by atoms with E-state index in [0.29, 0.717) is 18.5 Å². The molecule has 0 aliphatic carbocycles. The van der Waals surface area contributed by atoms with Crippen molar-refractivity contribution in [2.75, 3.05) is 11.9 Å². The fourth-order valence-electron chi connectivity index (χ4n) is 1.63. The Balaban J connectivity index is 2.42. The van der Waals surface area contributed by atoms with Crippen molar-refractivity contribution in [3.8, 4) is 0 Å². The number of benzene rings is 1. The molecule has 0 bridgehead atoms. The van der Waals surface area contributed by atoms with E-state index in [1.165, 1.54) is 6.07 Å². The van der Waals surface area contributed by atoms with Crippen LogP contribution in [0.15, 0.2) is 18.2 Å². The van der Waals surface area contributed by atoms with Crippen LogP contribution in [0.1, 0.15) is 24.8 Å². The van der Waals surface area contributed by atoms with Crippen LogP contribution in [0.2, 0.25) is 0 Å². The van der Waals surface area contributed by atoms with Gasteiger partial charge in [0.15, 0.2) is 0 Å². The Morgan fingerprint density at radius 2 is 2.17 bits per heavy atom. The van der Waals surface area contributed by atoms with Crippen molar-refractivity contribution >= 4 is 17.3 Å². The number of rotatable bonds is 7. The monoisotopic (exact) mass is 251 g/mol. The smallest absolute Gasteiger partial charge is 0.272 e. The molecule has 0 radical (unpaired) electrons. The molecule has 3 N–H and O–H groups in total. The summed E-state index contributed by atoms with van der Waals surface area (Å²) in [6.45, 7) is 2.42. The molecule has 18 heavy (non-hydrogen) atoms. The highest BCUT2D eigenvalue weighted by Gasteiger charge is 2.09. The summed E-state index contributed by atoms with van der Waals surface area (Å²) in [5.74, 6) is -0.291. The fraction of sp³-hybridized carbons (Fsp3) is 0.417. The summed E-state index contributed by atoms with van der Waals surface area (Å²) in [4.78, 5) is 20.8. The van der Waals surface area contributed by atoms with Gasteiger partial charge in [-0.1, -0.05) is 0 Å². The molecule has 0 aliphatic heterocycles. The van der Waals surface area contributed by atoms with Gasteiger partial charge in [0.2, 0.25) is 5.91 Å². The Hall–Kier alpha value is -2.11. The molecule has 0 unspecified atom stereocenters. The van der Waals surface area contributed by atoms with Crippen LogP contribution < -0.4 is 11.1 Å². The second-order valence-corrected chi connectivity index (χ2v) is 4.11. The third-order valence-corrected chi connectivity index (χ3v) is 2.57. The summed E-state index contributed by atoms with van der Waals surface area (Å²) in [5, 5.41) is 13.8. The lowest BCUT2D eigenvalue weighted by Crippen LogP contribution is -2.10. The van der Waals surface area contributed by atoms with E-state index in [1.807, 2.05) is 0 Å². The number of primary amides is 1. The van der Waals surface area contributed by atoms with E-state index in [1.54, 1.807) is 19.1 Å². The summed E-state index contributed by atoms with van der Waals surface area (Å²) < 4.78 is 0. The number of nitrogens with two attached hydrogens (primary N) is 1. The molecule has 1 aromatic rings. The van der Waals surface area contributed by atoms with E-state index < -0.39 is 4.92 Å². The molecule has 0 aromatic heterocycles. The minimum Gasteiger partial charge on any atom is -0.385 e. The normalized spacial score (nSPS) is 10.1. The highest BCUT2D eigenvalue weighted by atomic mass is 16.6. The summed E-state index contributed by atoms with van der Waals surface area (Å²) >= 11 is 0. The predicted octanol–water partition coefficient (Wildman–Crippen LogP) is 1.97. The molecule has 0 fully saturated rings. The lowest BCUT2D eigenvalue weighted by Gasteiger charge is -2.06. The van der Waals surface area contributed by atoms with E-state index in [9.17, 15) is 14.9 Å². The number of hydrogen-bond acceptors (Lipinski definition) is 4. The van der Waals surface area contributed by atoms with Crippen molar-refractivity contribution in [3.63, 3.8) is 0 Å². The van der Waals surface area contributed by atoms with Gasteiger partial charge in [0.25, 0.3) is 5.69 Å². The first-order valence-electron chi connectivity index (χ1n) is 5.78. The van der Waals surface area contributed by atoms with Gasteiger partial charge in [-0.3, -0.25) is 14.9 Å². The second-order valence-electron chi connectivity index (χ2n) is 4.11. The van der Waals surface area contributed by atoms with Crippen LogP contribution in [0, 0.1) is 17.0 Å². The first kappa shape index (κ1) is 14.0. The van der Waals surface area contributed by atoms with Crippen molar-refractivity contribution in [2.45, 2.75) is 26.2 Å². The Morgan fingerprint density at radius 1 is 1.44 bits per heavy atom. The zero-order valence-corrected chi connectivity index (χ0v) is 10.3. The lowest BCUT2D eigenvalue weighted by molar-refractivity contribution is -0.385.